The Labute approximate surface area is 129 Å². The van der Waals surface area contributed by atoms with Crippen LogP contribution in [0.1, 0.15) is 26.7 Å². The summed E-state index contributed by atoms with van der Waals surface area (Å²) in [5, 5.41) is 0. The van der Waals surface area contributed by atoms with Gasteiger partial charge in [0, 0.05) is 25.8 Å². The van der Waals surface area contributed by atoms with Gasteiger partial charge in [-0.15, -0.1) is 0 Å². The van der Waals surface area contributed by atoms with Crippen LogP contribution in [0, 0.1) is 11.6 Å². The molecule has 0 saturated carbocycles. The monoisotopic (exact) mass is 313 g/mol. The highest BCUT2D eigenvalue weighted by Crippen LogP contribution is 2.19. The Morgan fingerprint density at radius 2 is 2.00 bits per heavy atom. The van der Waals surface area contributed by atoms with E-state index in [1.54, 1.807) is 11.8 Å². The molecule has 1 aromatic rings. The van der Waals surface area contributed by atoms with Crippen molar-refractivity contribution in [3.05, 3.63) is 29.8 Å². The van der Waals surface area contributed by atoms with Gasteiger partial charge in [0.25, 0.3) is 5.91 Å². The fourth-order valence-corrected chi connectivity index (χ4v) is 2.54. The molecule has 2 rings (SSSR count). The summed E-state index contributed by atoms with van der Waals surface area (Å²) in [5.41, 5.74) is 0. The van der Waals surface area contributed by atoms with Crippen LogP contribution in [-0.2, 0) is 9.53 Å². The summed E-state index contributed by atoms with van der Waals surface area (Å²) in [4.78, 5) is 14.0. The van der Waals surface area contributed by atoms with E-state index >= 15 is 0 Å². The summed E-state index contributed by atoms with van der Waals surface area (Å²) in [6.07, 6.45) is 1.07. The molecule has 0 aliphatic carbocycles. The average molecular weight is 313 g/mol. The second-order valence-electron chi connectivity index (χ2n) is 5.32. The summed E-state index contributed by atoms with van der Waals surface area (Å²) >= 11 is 0. The van der Waals surface area contributed by atoms with Crippen molar-refractivity contribution >= 4 is 5.91 Å². The molecule has 0 unspecified atom stereocenters. The maximum Gasteiger partial charge on any atom is 0.263 e. The van der Waals surface area contributed by atoms with E-state index in [0.29, 0.717) is 19.7 Å². The molecule has 122 valence electrons. The van der Waals surface area contributed by atoms with Gasteiger partial charge in [-0.3, -0.25) is 4.79 Å². The normalized spacial score (nSPS) is 17.4. The highest BCUT2D eigenvalue weighted by molar-refractivity contribution is 5.81. The number of hydrogen-bond acceptors (Lipinski definition) is 3. The lowest BCUT2D eigenvalue weighted by Crippen LogP contribution is -2.46. The highest BCUT2D eigenvalue weighted by Gasteiger charge is 2.27. The van der Waals surface area contributed by atoms with E-state index in [2.05, 4.69) is 0 Å². The van der Waals surface area contributed by atoms with Crippen molar-refractivity contribution in [2.75, 3.05) is 19.7 Å². The number of amides is 1. The number of benzene rings is 1. The van der Waals surface area contributed by atoms with Crippen molar-refractivity contribution in [1.29, 1.82) is 0 Å². The third-order valence-corrected chi connectivity index (χ3v) is 3.71. The van der Waals surface area contributed by atoms with Crippen LogP contribution in [0.3, 0.4) is 0 Å². The Morgan fingerprint density at radius 1 is 1.32 bits per heavy atom. The van der Waals surface area contributed by atoms with E-state index in [0.717, 1.165) is 25.0 Å². The number of carbonyl (C=O) groups is 1. The van der Waals surface area contributed by atoms with Crippen LogP contribution in [-0.4, -0.2) is 42.7 Å². The zero-order chi connectivity index (χ0) is 16.1. The quantitative estimate of drug-likeness (QED) is 0.839. The number of carbonyl (C=O) groups excluding carboxylic acids is 1. The summed E-state index contributed by atoms with van der Waals surface area (Å²) < 4.78 is 37.0. The van der Waals surface area contributed by atoms with Crippen molar-refractivity contribution in [2.45, 2.75) is 38.9 Å². The van der Waals surface area contributed by atoms with E-state index in [9.17, 15) is 13.6 Å². The van der Waals surface area contributed by atoms with Crippen molar-refractivity contribution in [3.63, 3.8) is 0 Å². The first-order chi connectivity index (χ1) is 10.5. The van der Waals surface area contributed by atoms with Crippen LogP contribution in [0.2, 0.25) is 0 Å². The lowest BCUT2D eigenvalue weighted by molar-refractivity contribution is -0.140. The molecular weight excluding hydrogens is 292 g/mol. The molecule has 0 bridgehead atoms. The predicted octanol–water partition coefficient (Wildman–Crippen LogP) is 2.76. The Hall–Kier alpha value is -1.69. The number of likely N-dealkylation sites (tertiary alicyclic amines) is 1. The average Bonchev–Trinajstić information content (AvgIpc) is 2.51. The first-order valence-corrected chi connectivity index (χ1v) is 7.53. The minimum absolute atomic E-state index is 0.143. The summed E-state index contributed by atoms with van der Waals surface area (Å²) in [7, 11) is 0. The van der Waals surface area contributed by atoms with Crippen LogP contribution in [0.4, 0.5) is 8.78 Å². The smallest absolute Gasteiger partial charge is 0.263 e. The van der Waals surface area contributed by atoms with Gasteiger partial charge >= 0.3 is 0 Å². The minimum Gasteiger partial charge on any atom is -0.481 e. The zero-order valence-electron chi connectivity index (χ0n) is 12.9. The number of rotatable bonds is 5. The maximum absolute atomic E-state index is 13.1. The molecule has 1 aliphatic heterocycles. The van der Waals surface area contributed by atoms with Crippen LogP contribution >= 0.6 is 0 Å². The molecule has 0 aromatic heterocycles. The second-order valence-corrected chi connectivity index (χ2v) is 5.32. The molecule has 4 nitrogen and oxygen atoms in total. The van der Waals surface area contributed by atoms with Gasteiger partial charge in [-0.2, -0.15) is 0 Å². The van der Waals surface area contributed by atoms with Crippen molar-refractivity contribution < 1.29 is 23.0 Å². The lowest BCUT2D eigenvalue weighted by Gasteiger charge is -2.33. The molecule has 1 aliphatic rings. The van der Waals surface area contributed by atoms with Gasteiger partial charge in [-0.1, -0.05) is 0 Å². The molecule has 1 amide bonds. The van der Waals surface area contributed by atoms with Gasteiger partial charge in [0.15, 0.2) is 17.7 Å². The largest absolute Gasteiger partial charge is 0.481 e. The molecule has 0 radical (unpaired) electrons. The summed E-state index contributed by atoms with van der Waals surface area (Å²) in [6.45, 7) is 5.48. The molecule has 0 N–H and O–H groups in total. The van der Waals surface area contributed by atoms with Gasteiger partial charge in [0.2, 0.25) is 0 Å². The molecule has 1 fully saturated rings. The van der Waals surface area contributed by atoms with E-state index in [-0.39, 0.29) is 17.8 Å². The van der Waals surface area contributed by atoms with Crippen LogP contribution in [0.25, 0.3) is 0 Å². The van der Waals surface area contributed by atoms with Crippen LogP contribution in [0.5, 0.6) is 5.75 Å². The first kappa shape index (κ1) is 16.7. The van der Waals surface area contributed by atoms with Gasteiger partial charge in [-0.05, 0) is 38.8 Å². The zero-order valence-corrected chi connectivity index (χ0v) is 12.9. The molecule has 1 aromatic carbocycles. The van der Waals surface area contributed by atoms with Gasteiger partial charge in [-0.25, -0.2) is 8.78 Å². The fraction of sp³-hybridized carbons (Fsp3) is 0.562. The first-order valence-electron chi connectivity index (χ1n) is 7.53. The number of piperidine rings is 1. The third-order valence-electron chi connectivity index (χ3n) is 3.71. The number of ether oxygens (including phenoxy) is 2. The van der Waals surface area contributed by atoms with E-state index in [1.165, 1.54) is 6.07 Å². The minimum atomic E-state index is -0.991. The molecule has 1 atom stereocenters. The molecular formula is C16H21F2NO3. The second kappa shape index (κ2) is 7.54. The lowest BCUT2D eigenvalue weighted by atomic mass is 10.1. The van der Waals surface area contributed by atoms with Crippen molar-refractivity contribution in [2.24, 2.45) is 0 Å². The SMILES string of the molecule is CCOC1CCN(C(=O)[C@@H](C)Oc2ccc(F)c(F)c2)CC1. The summed E-state index contributed by atoms with van der Waals surface area (Å²) in [6, 6.07) is 3.24. The molecule has 1 heterocycles. The Morgan fingerprint density at radius 3 is 2.59 bits per heavy atom. The topological polar surface area (TPSA) is 38.8 Å². The Bertz CT molecular complexity index is 516. The van der Waals surface area contributed by atoms with E-state index in [4.69, 9.17) is 9.47 Å². The predicted molar refractivity (Wildman–Crippen MR) is 77.7 cm³/mol. The summed E-state index contributed by atoms with van der Waals surface area (Å²) in [5.74, 6) is -1.94. The Balaban J connectivity index is 1.88. The van der Waals surface area contributed by atoms with Gasteiger partial charge in [0.05, 0.1) is 6.10 Å². The third kappa shape index (κ3) is 4.16. The molecule has 6 heteroatoms. The molecule has 22 heavy (non-hydrogen) atoms. The maximum atomic E-state index is 13.1. The number of nitrogens with zero attached hydrogens (tertiary/aromatic N) is 1. The van der Waals surface area contributed by atoms with Crippen LogP contribution in [0.15, 0.2) is 18.2 Å². The Kier molecular flexibility index (Phi) is 5.71. The number of hydrogen-bond donors (Lipinski definition) is 0. The van der Waals surface area contributed by atoms with Crippen molar-refractivity contribution in [1.82, 2.24) is 4.90 Å². The molecule has 0 spiro atoms. The van der Waals surface area contributed by atoms with Crippen molar-refractivity contribution in [3.8, 4) is 5.75 Å². The van der Waals surface area contributed by atoms with Gasteiger partial charge in [0.1, 0.15) is 5.75 Å². The molecule has 1 saturated heterocycles. The highest BCUT2D eigenvalue weighted by atomic mass is 19.2. The van der Waals surface area contributed by atoms with E-state index in [1.807, 2.05) is 6.92 Å². The fourth-order valence-electron chi connectivity index (χ4n) is 2.54. The standard InChI is InChI=1S/C16H21F2NO3/c1-3-21-12-6-8-19(9-7-12)16(20)11(2)22-13-4-5-14(17)15(18)10-13/h4-5,10-12H,3,6-9H2,1-2H3/t11-/m1/s1. The van der Waals surface area contributed by atoms with Gasteiger partial charge < -0.3 is 14.4 Å². The van der Waals surface area contributed by atoms with Crippen LogP contribution < -0.4 is 4.74 Å². The number of halogens is 2. The van der Waals surface area contributed by atoms with E-state index < -0.39 is 17.7 Å².